The van der Waals surface area contributed by atoms with E-state index in [-0.39, 0.29) is 11.3 Å². The van der Waals surface area contributed by atoms with Crippen LogP contribution in [0.5, 0.6) is 5.75 Å². The van der Waals surface area contributed by atoms with Crippen LogP contribution in [0.25, 0.3) is 21.8 Å². The van der Waals surface area contributed by atoms with Gasteiger partial charge >= 0.3 is 0 Å². The van der Waals surface area contributed by atoms with Crippen molar-refractivity contribution in [3.05, 3.63) is 40.8 Å². The lowest BCUT2D eigenvalue weighted by atomic mass is 10.2. The van der Waals surface area contributed by atoms with Crippen molar-refractivity contribution in [1.29, 1.82) is 0 Å². The van der Waals surface area contributed by atoms with Crippen molar-refractivity contribution in [1.82, 2.24) is 9.55 Å². The van der Waals surface area contributed by atoms with Gasteiger partial charge in [-0.05, 0) is 12.1 Å². The Bertz CT molecular complexity index is 753. The second-order valence-electron chi connectivity index (χ2n) is 3.80. The summed E-state index contributed by atoms with van der Waals surface area (Å²) in [6.07, 6.45) is 1.62. The SMILES string of the molecule is Cn1c2c(O)cccc2c2cc[nH]c(=O)c21. The van der Waals surface area contributed by atoms with Crippen LogP contribution in [0.2, 0.25) is 0 Å². The summed E-state index contributed by atoms with van der Waals surface area (Å²) >= 11 is 0. The number of phenols is 1. The third kappa shape index (κ3) is 0.957. The number of nitrogens with zero attached hydrogens (tertiary/aromatic N) is 1. The molecule has 0 amide bonds. The third-order valence-corrected chi connectivity index (χ3v) is 2.91. The Morgan fingerprint density at radius 2 is 1.94 bits per heavy atom. The Labute approximate surface area is 90.8 Å². The third-order valence-electron chi connectivity index (χ3n) is 2.91. The average Bonchev–Trinajstić information content (AvgIpc) is 2.56. The molecule has 80 valence electrons. The number of fused-ring (bicyclic) bond motifs is 3. The molecule has 4 heteroatoms. The summed E-state index contributed by atoms with van der Waals surface area (Å²) in [5, 5.41) is 11.6. The maximum atomic E-state index is 11.7. The van der Waals surface area contributed by atoms with Gasteiger partial charge in [-0.15, -0.1) is 0 Å². The second-order valence-corrected chi connectivity index (χ2v) is 3.80. The summed E-state index contributed by atoms with van der Waals surface area (Å²) < 4.78 is 1.72. The Morgan fingerprint density at radius 1 is 1.19 bits per heavy atom. The molecule has 0 fully saturated rings. The summed E-state index contributed by atoms with van der Waals surface area (Å²) in [4.78, 5) is 14.4. The minimum atomic E-state index is -0.143. The number of hydrogen-bond donors (Lipinski definition) is 2. The lowest BCUT2D eigenvalue weighted by molar-refractivity contribution is 0.479. The lowest BCUT2D eigenvalue weighted by Gasteiger charge is -1.98. The molecule has 0 spiro atoms. The number of aromatic nitrogens is 2. The number of phenolic OH excluding ortho intramolecular Hbond substituents is 1. The predicted molar refractivity (Wildman–Crippen MR) is 62.7 cm³/mol. The molecule has 0 saturated heterocycles. The van der Waals surface area contributed by atoms with Gasteiger partial charge in [0.25, 0.3) is 5.56 Å². The number of H-pyrrole nitrogens is 1. The highest BCUT2D eigenvalue weighted by Crippen LogP contribution is 2.31. The summed E-state index contributed by atoms with van der Waals surface area (Å²) in [5.74, 6) is 0.190. The summed E-state index contributed by atoms with van der Waals surface area (Å²) in [5.41, 5.74) is 1.13. The molecule has 3 aromatic rings. The van der Waals surface area contributed by atoms with Gasteiger partial charge in [-0.25, -0.2) is 0 Å². The number of aryl methyl sites for hydroxylation is 1. The number of aromatic amines is 1. The minimum Gasteiger partial charge on any atom is -0.506 e. The molecule has 2 aromatic heterocycles. The van der Waals surface area contributed by atoms with Gasteiger partial charge < -0.3 is 14.7 Å². The molecule has 0 aliphatic rings. The Kier molecular flexibility index (Phi) is 1.63. The Hall–Kier alpha value is -2.23. The van der Waals surface area contributed by atoms with Crippen molar-refractivity contribution in [3.8, 4) is 5.75 Å². The average molecular weight is 214 g/mol. The van der Waals surface area contributed by atoms with Crippen LogP contribution < -0.4 is 5.56 Å². The van der Waals surface area contributed by atoms with Crippen LogP contribution in [0, 0.1) is 0 Å². The maximum Gasteiger partial charge on any atom is 0.272 e. The van der Waals surface area contributed by atoms with Gasteiger partial charge in [-0.1, -0.05) is 12.1 Å². The normalized spacial score (nSPS) is 11.3. The highest BCUT2D eigenvalue weighted by atomic mass is 16.3. The molecule has 3 rings (SSSR count). The standard InChI is InChI=1S/C12H10N2O2/c1-14-10-7(3-2-4-9(10)15)8-5-6-13-12(16)11(8)14/h2-6,15H,1H3,(H,13,16). The highest BCUT2D eigenvalue weighted by Gasteiger charge is 2.12. The minimum absolute atomic E-state index is 0.143. The molecule has 1 aromatic carbocycles. The summed E-state index contributed by atoms with van der Waals surface area (Å²) in [6.45, 7) is 0. The number of para-hydroxylation sites is 1. The van der Waals surface area contributed by atoms with E-state index in [1.165, 1.54) is 0 Å². The van der Waals surface area contributed by atoms with E-state index in [4.69, 9.17) is 0 Å². The maximum absolute atomic E-state index is 11.7. The highest BCUT2D eigenvalue weighted by molar-refractivity contribution is 6.09. The molecular formula is C12H10N2O2. The van der Waals surface area contributed by atoms with Crippen molar-refractivity contribution in [2.24, 2.45) is 7.05 Å². The molecule has 2 N–H and O–H groups in total. The number of aromatic hydroxyl groups is 1. The van der Waals surface area contributed by atoms with Gasteiger partial charge in [-0.2, -0.15) is 0 Å². The molecule has 0 bridgehead atoms. The second kappa shape index (κ2) is 2.88. The summed E-state index contributed by atoms with van der Waals surface area (Å²) in [6, 6.07) is 7.14. The van der Waals surface area contributed by atoms with Gasteiger partial charge in [-0.3, -0.25) is 4.79 Å². The van der Waals surface area contributed by atoms with E-state index < -0.39 is 0 Å². The Balaban J connectivity index is 2.76. The first kappa shape index (κ1) is 9.03. The number of hydrogen-bond acceptors (Lipinski definition) is 2. The molecule has 0 saturated carbocycles. The van der Waals surface area contributed by atoms with Crippen LogP contribution in [0.4, 0.5) is 0 Å². The van der Waals surface area contributed by atoms with Crippen molar-refractivity contribution >= 4 is 21.8 Å². The largest absolute Gasteiger partial charge is 0.506 e. The van der Waals surface area contributed by atoms with Crippen LogP contribution in [-0.4, -0.2) is 14.7 Å². The fraction of sp³-hybridized carbons (Fsp3) is 0.0833. The first-order valence-electron chi connectivity index (χ1n) is 4.98. The summed E-state index contributed by atoms with van der Waals surface area (Å²) in [7, 11) is 1.78. The van der Waals surface area contributed by atoms with Gasteiger partial charge in [0, 0.05) is 24.0 Å². The molecule has 4 nitrogen and oxygen atoms in total. The molecule has 0 radical (unpaired) electrons. The molecule has 16 heavy (non-hydrogen) atoms. The Morgan fingerprint density at radius 3 is 2.75 bits per heavy atom. The van der Waals surface area contributed by atoms with Crippen LogP contribution >= 0.6 is 0 Å². The topological polar surface area (TPSA) is 58.0 Å². The molecule has 0 unspecified atom stereocenters. The quantitative estimate of drug-likeness (QED) is 0.598. The molecule has 2 heterocycles. The van der Waals surface area contributed by atoms with E-state index in [1.807, 2.05) is 12.1 Å². The van der Waals surface area contributed by atoms with Crippen LogP contribution in [-0.2, 0) is 7.05 Å². The lowest BCUT2D eigenvalue weighted by Crippen LogP contribution is -2.07. The fourth-order valence-corrected chi connectivity index (χ4v) is 2.23. The van der Waals surface area contributed by atoms with Gasteiger partial charge in [0.1, 0.15) is 11.3 Å². The number of nitrogens with one attached hydrogen (secondary N) is 1. The van der Waals surface area contributed by atoms with E-state index in [2.05, 4.69) is 4.98 Å². The monoisotopic (exact) mass is 214 g/mol. The zero-order chi connectivity index (χ0) is 11.3. The first-order chi connectivity index (χ1) is 7.70. The molecular weight excluding hydrogens is 204 g/mol. The zero-order valence-electron chi connectivity index (χ0n) is 8.69. The van der Waals surface area contributed by atoms with Gasteiger partial charge in [0.2, 0.25) is 0 Å². The van der Waals surface area contributed by atoms with Crippen LogP contribution in [0.3, 0.4) is 0 Å². The zero-order valence-corrected chi connectivity index (χ0v) is 8.69. The number of benzene rings is 1. The van der Waals surface area contributed by atoms with E-state index in [0.29, 0.717) is 11.0 Å². The molecule has 0 aliphatic heterocycles. The van der Waals surface area contributed by atoms with Crippen molar-refractivity contribution in [3.63, 3.8) is 0 Å². The van der Waals surface area contributed by atoms with E-state index in [1.54, 1.807) is 29.9 Å². The van der Waals surface area contributed by atoms with Gasteiger partial charge in [0.05, 0.1) is 5.52 Å². The predicted octanol–water partition coefficient (Wildman–Crippen LogP) is 1.73. The van der Waals surface area contributed by atoms with E-state index in [0.717, 1.165) is 10.8 Å². The fourth-order valence-electron chi connectivity index (χ4n) is 2.23. The van der Waals surface area contributed by atoms with Crippen molar-refractivity contribution in [2.45, 2.75) is 0 Å². The van der Waals surface area contributed by atoms with E-state index >= 15 is 0 Å². The van der Waals surface area contributed by atoms with Crippen LogP contribution in [0.1, 0.15) is 0 Å². The number of rotatable bonds is 0. The number of pyridine rings is 1. The van der Waals surface area contributed by atoms with Crippen molar-refractivity contribution < 1.29 is 5.11 Å². The van der Waals surface area contributed by atoms with E-state index in [9.17, 15) is 9.90 Å². The molecule has 0 atom stereocenters. The van der Waals surface area contributed by atoms with Gasteiger partial charge in [0.15, 0.2) is 0 Å². The van der Waals surface area contributed by atoms with Crippen molar-refractivity contribution in [2.75, 3.05) is 0 Å². The first-order valence-corrected chi connectivity index (χ1v) is 4.98. The van der Waals surface area contributed by atoms with Crippen LogP contribution in [0.15, 0.2) is 35.3 Å². The smallest absolute Gasteiger partial charge is 0.272 e. The molecule has 0 aliphatic carbocycles.